The lowest BCUT2D eigenvalue weighted by atomic mass is 10.0. The summed E-state index contributed by atoms with van der Waals surface area (Å²) >= 11 is 5.48. The molecule has 1 heterocycles. The van der Waals surface area contributed by atoms with Crippen molar-refractivity contribution in [1.29, 1.82) is 0 Å². The number of rotatable bonds is 4. The number of para-hydroxylation sites is 1. The molecular formula is C17H18N2OS. The van der Waals surface area contributed by atoms with Crippen molar-refractivity contribution >= 4 is 23.3 Å². The molecule has 0 aliphatic carbocycles. The van der Waals surface area contributed by atoms with E-state index in [0.717, 1.165) is 28.1 Å². The van der Waals surface area contributed by atoms with Crippen LogP contribution in [0.15, 0.2) is 48.5 Å². The SMILES string of the molecule is COc1cccc2c1[nH]c(=S)n2CC(C)c1ccccc1. The van der Waals surface area contributed by atoms with Crippen LogP contribution in [0.2, 0.25) is 0 Å². The van der Waals surface area contributed by atoms with Crippen LogP contribution in [0.25, 0.3) is 11.0 Å². The molecule has 1 N–H and O–H groups in total. The van der Waals surface area contributed by atoms with Crippen molar-refractivity contribution in [3.63, 3.8) is 0 Å². The van der Waals surface area contributed by atoms with Gasteiger partial charge in [-0.25, -0.2) is 0 Å². The van der Waals surface area contributed by atoms with Crippen LogP contribution >= 0.6 is 12.2 Å². The molecule has 1 atom stereocenters. The minimum Gasteiger partial charge on any atom is -0.494 e. The number of ether oxygens (including phenoxy) is 1. The second-order valence-electron chi connectivity index (χ2n) is 5.21. The van der Waals surface area contributed by atoms with Gasteiger partial charge in [0, 0.05) is 6.54 Å². The van der Waals surface area contributed by atoms with Gasteiger partial charge >= 0.3 is 0 Å². The van der Waals surface area contributed by atoms with Gasteiger partial charge in [0.05, 0.1) is 12.6 Å². The number of imidazole rings is 1. The average molecular weight is 298 g/mol. The lowest BCUT2D eigenvalue weighted by Gasteiger charge is -2.13. The fraction of sp³-hybridized carbons (Fsp3) is 0.235. The highest BCUT2D eigenvalue weighted by Crippen LogP contribution is 2.26. The number of nitrogens with one attached hydrogen (secondary N) is 1. The van der Waals surface area contributed by atoms with Crippen molar-refractivity contribution < 1.29 is 4.74 Å². The maximum atomic E-state index is 5.48. The molecule has 0 aliphatic rings. The highest BCUT2D eigenvalue weighted by Gasteiger charge is 2.12. The van der Waals surface area contributed by atoms with Crippen molar-refractivity contribution in [3.05, 3.63) is 58.9 Å². The number of aromatic amines is 1. The highest BCUT2D eigenvalue weighted by atomic mass is 32.1. The van der Waals surface area contributed by atoms with Crippen molar-refractivity contribution in [2.45, 2.75) is 19.4 Å². The van der Waals surface area contributed by atoms with E-state index in [0.29, 0.717) is 5.92 Å². The van der Waals surface area contributed by atoms with E-state index in [4.69, 9.17) is 17.0 Å². The zero-order chi connectivity index (χ0) is 14.8. The van der Waals surface area contributed by atoms with Gasteiger partial charge in [-0.05, 0) is 35.8 Å². The maximum absolute atomic E-state index is 5.48. The predicted octanol–water partition coefficient (Wildman–Crippen LogP) is 4.51. The van der Waals surface area contributed by atoms with Crippen LogP contribution in [0.3, 0.4) is 0 Å². The number of fused-ring (bicyclic) bond motifs is 1. The van der Waals surface area contributed by atoms with Crippen LogP contribution in [0.1, 0.15) is 18.4 Å². The molecule has 2 aromatic carbocycles. The standard InChI is InChI=1S/C17H18N2OS/c1-12(13-7-4-3-5-8-13)11-19-14-9-6-10-15(20-2)16(14)18-17(19)21/h3-10,12H,11H2,1-2H3,(H,18,21). The highest BCUT2D eigenvalue weighted by molar-refractivity contribution is 7.71. The van der Waals surface area contributed by atoms with Crippen molar-refractivity contribution in [1.82, 2.24) is 9.55 Å². The second kappa shape index (κ2) is 5.74. The number of H-pyrrole nitrogens is 1. The molecule has 21 heavy (non-hydrogen) atoms. The van der Waals surface area contributed by atoms with Gasteiger partial charge in [0.15, 0.2) is 4.77 Å². The number of aromatic nitrogens is 2. The minimum atomic E-state index is 0.392. The molecule has 0 bridgehead atoms. The summed E-state index contributed by atoms with van der Waals surface area (Å²) < 4.78 is 8.27. The summed E-state index contributed by atoms with van der Waals surface area (Å²) in [6.45, 7) is 3.06. The lowest BCUT2D eigenvalue weighted by molar-refractivity contribution is 0.419. The summed E-state index contributed by atoms with van der Waals surface area (Å²) in [5.41, 5.74) is 3.36. The first kappa shape index (κ1) is 13.9. The van der Waals surface area contributed by atoms with Gasteiger partial charge in [-0.15, -0.1) is 0 Å². The second-order valence-corrected chi connectivity index (χ2v) is 5.59. The number of hydrogen-bond acceptors (Lipinski definition) is 2. The van der Waals surface area contributed by atoms with E-state index in [1.54, 1.807) is 7.11 Å². The molecule has 108 valence electrons. The van der Waals surface area contributed by atoms with Crippen LogP contribution in [0.4, 0.5) is 0 Å². The van der Waals surface area contributed by atoms with Crippen molar-refractivity contribution in [2.75, 3.05) is 7.11 Å². The summed E-state index contributed by atoms with van der Waals surface area (Å²) in [6.07, 6.45) is 0. The Hall–Kier alpha value is -2.07. The Morgan fingerprint density at radius 2 is 1.90 bits per heavy atom. The van der Waals surface area contributed by atoms with E-state index in [1.165, 1.54) is 5.56 Å². The van der Waals surface area contributed by atoms with Gasteiger partial charge in [0.1, 0.15) is 11.3 Å². The molecule has 1 unspecified atom stereocenters. The van der Waals surface area contributed by atoms with Crippen LogP contribution in [0.5, 0.6) is 5.75 Å². The topological polar surface area (TPSA) is 29.9 Å². The van der Waals surface area contributed by atoms with Crippen LogP contribution in [-0.2, 0) is 6.54 Å². The zero-order valence-corrected chi connectivity index (χ0v) is 13.0. The summed E-state index contributed by atoms with van der Waals surface area (Å²) in [5, 5.41) is 0. The normalized spacial score (nSPS) is 12.5. The first-order chi connectivity index (χ1) is 10.2. The summed E-state index contributed by atoms with van der Waals surface area (Å²) in [7, 11) is 1.68. The lowest BCUT2D eigenvalue weighted by Crippen LogP contribution is -2.06. The molecular weight excluding hydrogens is 280 g/mol. The molecule has 0 aliphatic heterocycles. The van der Waals surface area contributed by atoms with Gasteiger partial charge in [-0.2, -0.15) is 0 Å². The monoisotopic (exact) mass is 298 g/mol. The Bertz CT molecular complexity index is 805. The van der Waals surface area contributed by atoms with Crippen LogP contribution in [-0.4, -0.2) is 16.7 Å². The smallest absolute Gasteiger partial charge is 0.178 e. The number of nitrogens with zero attached hydrogens (tertiary/aromatic N) is 1. The molecule has 0 amide bonds. The van der Waals surface area contributed by atoms with E-state index in [1.807, 2.05) is 18.2 Å². The molecule has 3 rings (SSSR count). The van der Waals surface area contributed by atoms with E-state index >= 15 is 0 Å². The Kier molecular flexibility index (Phi) is 3.80. The maximum Gasteiger partial charge on any atom is 0.178 e. The summed E-state index contributed by atoms with van der Waals surface area (Å²) in [4.78, 5) is 3.26. The third kappa shape index (κ3) is 2.59. The molecule has 0 spiro atoms. The first-order valence-corrected chi connectivity index (χ1v) is 7.42. The predicted molar refractivity (Wildman–Crippen MR) is 88.5 cm³/mol. The van der Waals surface area contributed by atoms with E-state index in [-0.39, 0.29) is 0 Å². The van der Waals surface area contributed by atoms with E-state index in [9.17, 15) is 0 Å². The summed E-state index contributed by atoms with van der Waals surface area (Å²) in [5.74, 6) is 1.22. The van der Waals surface area contributed by atoms with E-state index in [2.05, 4.69) is 46.8 Å². The number of benzene rings is 2. The van der Waals surface area contributed by atoms with E-state index < -0.39 is 0 Å². The molecule has 3 aromatic rings. The zero-order valence-electron chi connectivity index (χ0n) is 12.2. The van der Waals surface area contributed by atoms with Crippen LogP contribution in [0, 0.1) is 4.77 Å². The summed E-state index contributed by atoms with van der Waals surface area (Å²) in [6, 6.07) is 16.5. The molecule has 0 saturated heterocycles. The molecule has 0 radical (unpaired) electrons. The average Bonchev–Trinajstić information content (AvgIpc) is 2.84. The van der Waals surface area contributed by atoms with Crippen molar-refractivity contribution in [2.24, 2.45) is 0 Å². The Balaban J connectivity index is 2.01. The Labute approximate surface area is 129 Å². The molecule has 0 fully saturated rings. The largest absolute Gasteiger partial charge is 0.494 e. The van der Waals surface area contributed by atoms with Gasteiger partial charge in [-0.3, -0.25) is 0 Å². The first-order valence-electron chi connectivity index (χ1n) is 7.01. The van der Waals surface area contributed by atoms with Gasteiger partial charge in [0.25, 0.3) is 0 Å². The third-order valence-electron chi connectivity index (χ3n) is 3.82. The Morgan fingerprint density at radius 1 is 1.14 bits per heavy atom. The minimum absolute atomic E-state index is 0.392. The quantitative estimate of drug-likeness (QED) is 0.718. The fourth-order valence-electron chi connectivity index (χ4n) is 2.67. The van der Waals surface area contributed by atoms with Gasteiger partial charge in [0.2, 0.25) is 0 Å². The molecule has 4 heteroatoms. The molecule has 0 saturated carbocycles. The van der Waals surface area contributed by atoms with Crippen molar-refractivity contribution in [3.8, 4) is 5.75 Å². The number of hydrogen-bond donors (Lipinski definition) is 1. The van der Waals surface area contributed by atoms with Gasteiger partial charge < -0.3 is 14.3 Å². The van der Waals surface area contributed by atoms with Gasteiger partial charge in [-0.1, -0.05) is 43.3 Å². The number of methoxy groups -OCH3 is 1. The molecule has 1 aromatic heterocycles. The Morgan fingerprint density at radius 3 is 2.62 bits per heavy atom. The molecule has 3 nitrogen and oxygen atoms in total. The van der Waals surface area contributed by atoms with Crippen LogP contribution < -0.4 is 4.74 Å². The fourth-order valence-corrected chi connectivity index (χ4v) is 2.94. The third-order valence-corrected chi connectivity index (χ3v) is 4.14.